The minimum Gasteiger partial charge on any atom is -0.298 e. The van der Waals surface area contributed by atoms with E-state index < -0.39 is 16.0 Å². The van der Waals surface area contributed by atoms with Crippen molar-refractivity contribution >= 4 is 39.8 Å². The predicted molar refractivity (Wildman–Crippen MR) is 140 cm³/mol. The Bertz CT molecular complexity index is 918. The molecule has 5 heteroatoms. The van der Waals surface area contributed by atoms with E-state index in [1.165, 1.54) is 15.9 Å². The molecule has 2 nitrogen and oxygen atoms in total. The van der Waals surface area contributed by atoms with Crippen molar-refractivity contribution in [3.05, 3.63) is 102 Å². The average molecular weight is 460 g/mol. The van der Waals surface area contributed by atoms with E-state index in [0.29, 0.717) is 0 Å². The quantitative estimate of drug-likeness (QED) is 0.237. The van der Waals surface area contributed by atoms with Crippen LogP contribution in [0.3, 0.4) is 0 Å². The molecule has 0 radical (unpaired) electrons. The fraction of sp³-hybridized carbons (Fsp3) is 0.231. The number of hydrogen-bond donors (Lipinski definition) is 0. The molecule has 0 aliphatic heterocycles. The lowest BCUT2D eigenvalue weighted by molar-refractivity contribution is 1.07. The molecule has 0 aromatic heterocycles. The van der Waals surface area contributed by atoms with Gasteiger partial charge in [-0.25, -0.2) is 6.57 Å². The van der Waals surface area contributed by atoms with Crippen LogP contribution in [0.25, 0.3) is 4.62 Å². The Hall–Kier alpha value is -2.07. The Morgan fingerprint density at radius 1 is 0.645 bits per heavy atom. The van der Waals surface area contributed by atoms with Crippen molar-refractivity contribution in [2.45, 2.75) is 12.8 Å². The molecule has 156 valence electrons. The lowest BCUT2D eigenvalue weighted by Gasteiger charge is -2.19. The summed E-state index contributed by atoms with van der Waals surface area (Å²) >= 11 is 0. The van der Waals surface area contributed by atoms with E-state index in [4.69, 9.17) is 6.57 Å². The highest BCUT2D eigenvalue weighted by atomic mass is 31.1. The van der Waals surface area contributed by atoms with Gasteiger partial charge in [0, 0.05) is 14.1 Å². The zero-order chi connectivity index (χ0) is 21.7. The second-order valence-corrected chi connectivity index (χ2v) is 13.6. The van der Waals surface area contributed by atoms with Gasteiger partial charge in [0.25, 0.3) is 0 Å². The van der Waals surface area contributed by atoms with E-state index in [1.54, 1.807) is 0 Å². The van der Waals surface area contributed by atoms with Crippen LogP contribution >= 0.6 is 23.9 Å². The van der Waals surface area contributed by atoms with Gasteiger partial charge >= 0.3 is 8.07 Å². The van der Waals surface area contributed by atoms with Crippen LogP contribution in [0, 0.1) is 17.6 Å². The molecule has 0 saturated heterocycles. The Morgan fingerprint density at radius 3 is 1.65 bits per heavy atom. The van der Waals surface area contributed by atoms with Gasteiger partial charge in [0.05, 0.1) is 11.1 Å². The first-order chi connectivity index (χ1) is 15.3. The molecule has 3 aromatic rings. The highest BCUT2D eigenvalue weighted by Crippen LogP contribution is 2.42. The standard InChI is InChI=1S/C26H27N2P3/c1-28-31(26-17-9-4-10-18-26)22-12-20-29(24-13-5-2-6-14-24)19-11-21-30(23-27)25-15-7-3-8-16-25/h2-10,13-18H,11-12,19-22H2. The number of nitriles is 1. The fourth-order valence-electron chi connectivity index (χ4n) is 3.52. The molecule has 0 heterocycles. The van der Waals surface area contributed by atoms with Gasteiger partial charge in [0.2, 0.25) is 0 Å². The van der Waals surface area contributed by atoms with Gasteiger partial charge in [-0.3, -0.25) is 4.62 Å². The summed E-state index contributed by atoms with van der Waals surface area (Å²) in [4.78, 5) is 0. The second kappa shape index (κ2) is 13.4. The molecule has 0 aliphatic carbocycles. The normalized spacial score (nSPS) is 13.5. The van der Waals surface area contributed by atoms with Gasteiger partial charge in [-0.1, -0.05) is 86.8 Å². The number of hydrogen-bond acceptors (Lipinski definition) is 1. The van der Waals surface area contributed by atoms with Crippen LogP contribution in [0.1, 0.15) is 12.8 Å². The van der Waals surface area contributed by atoms with Crippen molar-refractivity contribution < 1.29 is 0 Å². The molecule has 3 unspecified atom stereocenters. The summed E-state index contributed by atoms with van der Waals surface area (Å²) < 4.78 is 3.95. The van der Waals surface area contributed by atoms with Crippen molar-refractivity contribution in [1.29, 1.82) is 5.26 Å². The smallest absolute Gasteiger partial charge is 0.298 e. The number of nitrogens with zero attached hydrogens (tertiary/aromatic N) is 2. The summed E-state index contributed by atoms with van der Waals surface area (Å²) in [5.74, 6) is 2.56. The van der Waals surface area contributed by atoms with Gasteiger partial charge in [-0.2, -0.15) is 5.26 Å². The maximum atomic E-state index is 9.66. The van der Waals surface area contributed by atoms with Crippen molar-refractivity contribution in [1.82, 2.24) is 0 Å². The SMILES string of the molecule is [C-]#[N+]P(CCCP(CCCP(C#N)c1ccccc1)c1ccccc1)c1ccccc1. The highest BCUT2D eigenvalue weighted by molar-refractivity contribution is 7.70. The second-order valence-electron chi connectivity index (χ2n) is 7.18. The molecule has 0 bridgehead atoms. The third-order valence-electron chi connectivity index (χ3n) is 5.09. The average Bonchev–Trinajstić information content (AvgIpc) is 2.85. The van der Waals surface area contributed by atoms with Gasteiger partial charge in [-0.05, 0) is 54.1 Å². The van der Waals surface area contributed by atoms with Crippen LogP contribution in [0.2, 0.25) is 0 Å². The molecule has 31 heavy (non-hydrogen) atoms. The first kappa shape index (κ1) is 23.6. The molecule has 0 amide bonds. The van der Waals surface area contributed by atoms with E-state index >= 15 is 0 Å². The van der Waals surface area contributed by atoms with Crippen molar-refractivity contribution in [2.24, 2.45) is 0 Å². The summed E-state index contributed by atoms with van der Waals surface area (Å²) in [5.41, 5.74) is 0. The minimum absolute atomic E-state index is 0.256. The molecule has 0 saturated carbocycles. The summed E-state index contributed by atoms with van der Waals surface area (Å²) in [6.45, 7) is 7.64. The lowest BCUT2D eigenvalue weighted by atomic mass is 10.4. The van der Waals surface area contributed by atoms with Crippen LogP contribution in [-0.4, -0.2) is 24.6 Å². The van der Waals surface area contributed by atoms with Crippen LogP contribution in [-0.2, 0) is 0 Å². The van der Waals surface area contributed by atoms with E-state index in [1.807, 2.05) is 36.4 Å². The lowest BCUT2D eigenvalue weighted by Crippen LogP contribution is -2.09. The highest BCUT2D eigenvalue weighted by Gasteiger charge is 2.20. The number of rotatable bonds is 11. The van der Waals surface area contributed by atoms with Crippen LogP contribution in [0.5, 0.6) is 0 Å². The van der Waals surface area contributed by atoms with Gasteiger partial charge in [0.15, 0.2) is 0 Å². The Balaban J connectivity index is 1.57. The molecule has 0 fully saturated rings. The maximum absolute atomic E-state index is 9.66. The molecule has 3 rings (SSSR count). The molecular weight excluding hydrogens is 433 g/mol. The first-order valence-corrected chi connectivity index (χ1v) is 15.3. The minimum atomic E-state index is -0.747. The van der Waals surface area contributed by atoms with Crippen molar-refractivity contribution in [2.75, 3.05) is 24.6 Å². The largest absolute Gasteiger partial charge is 0.303 e. The molecule has 3 aromatic carbocycles. The van der Waals surface area contributed by atoms with Crippen molar-refractivity contribution in [3.63, 3.8) is 0 Å². The molecule has 0 aliphatic rings. The molecule has 3 atom stereocenters. The number of benzene rings is 3. The Kier molecular flexibility index (Phi) is 10.2. The summed E-state index contributed by atoms with van der Waals surface area (Å²) in [7, 11) is -1.73. The zero-order valence-corrected chi connectivity index (χ0v) is 20.3. The van der Waals surface area contributed by atoms with E-state index in [9.17, 15) is 5.26 Å². The Labute approximate surface area is 190 Å². The maximum Gasteiger partial charge on any atom is 0.303 e. The summed E-state index contributed by atoms with van der Waals surface area (Å²) in [6, 6.07) is 31.4. The van der Waals surface area contributed by atoms with E-state index in [-0.39, 0.29) is 7.92 Å². The molecular formula is C26H27N2P3. The monoisotopic (exact) mass is 460 g/mol. The van der Waals surface area contributed by atoms with Crippen molar-refractivity contribution in [3.8, 4) is 5.81 Å². The van der Waals surface area contributed by atoms with Crippen LogP contribution < -0.4 is 15.9 Å². The van der Waals surface area contributed by atoms with Gasteiger partial charge < -0.3 is 0 Å². The third kappa shape index (κ3) is 7.53. The fourth-order valence-corrected chi connectivity index (χ4v) is 9.36. The van der Waals surface area contributed by atoms with Crippen LogP contribution in [0.15, 0.2) is 91.0 Å². The topological polar surface area (TPSA) is 28.1 Å². The zero-order valence-electron chi connectivity index (χ0n) is 17.6. The summed E-state index contributed by atoms with van der Waals surface area (Å²) in [5, 5.41) is 13.5. The molecule has 0 spiro atoms. The van der Waals surface area contributed by atoms with Gasteiger partial charge in [0.1, 0.15) is 0 Å². The van der Waals surface area contributed by atoms with E-state index in [0.717, 1.165) is 37.5 Å². The Morgan fingerprint density at radius 2 is 1.13 bits per heavy atom. The van der Waals surface area contributed by atoms with Gasteiger partial charge in [-0.15, -0.1) is 0 Å². The molecule has 0 N–H and O–H groups in total. The third-order valence-corrected chi connectivity index (χ3v) is 11.6. The van der Waals surface area contributed by atoms with Crippen LogP contribution in [0.4, 0.5) is 0 Å². The van der Waals surface area contributed by atoms with E-state index in [2.05, 4.69) is 65.0 Å². The predicted octanol–water partition coefficient (Wildman–Crippen LogP) is 6.50. The first-order valence-electron chi connectivity index (χ1n) is 10.5. The summed E-state index contributed by atoms with van der Waals surface area (Å²) in [6.07, 6.45) is 6.45.